The third-order valence-electron chi connectivity index (χ3n) is 2.85. The Labute approximate surface area is 108 Å². The molecular weight excluding hydrogens is 244 g/mol. The van der Waals surface area contributed by atoms with E-state index >= 15 is 0 Å². The molecule has 0 bridgehead atoms. The first-order valence-corrected chi connectivity index (χ1v) is 5.79. The second kappa shape index (κ2) is 4.58. The summed E-state index contributed by atoms with van der Waals surface area (Å²) in [5.74, 6) is 5.47. The minimum Gasteiger partial charge on any atom is -0.408 e. The molecule has 0 fully saturated rings. The van der Waals surface area contributed by atoms with Crippen molar-refractivity contribution in [3.63, 3.8) is 0 Å². The van der Waals surface area contributed by atoms with Crippen LogP contribution in [0, 0.1) is 0 Å². The first-order valence-electron chi connectivity index (χ1n) is 5.79. The Morgan fingerprint density at radius 3 is 2.89 bits per heavy atom. The Morgan fingerprint density at radius 2 is 2.05 bits per heavy atom. The lowest BCUT2D eigenvalue weighted by Gasteiger charge is -2.04. The average molecular weight is 256 g/mol. The Hall–Kier alpha value is -2.60. The summed E-state index contributed by atoms with van der Waals surface area (Å²) in [5.41, 5.74) is 4.52. The normalized spacial score (nSPS) is 10.8. The quantitative estimate of drug-likeness (QED) is 0.545. The number of nitrogens with one attached hydrogen (secondary N) is 1. The molecule has 1 aromatic carbocycles. The summed E-state index contributed by atoms with van der Waals surface area (Å²) in [5, 5.41) is 0. The molecule has 96 valence electrons. The van der Waals surface area contributed by atoms with Crippen molar-refractivity contribution in [3.8, 4) is 0 Å². The van der Waals surface area contributed by atoms with Crippen molar-refractivity contribution in [2.24, 2.45) is 5.84 Å². The van der Waals surface area contributed by atoms with Crippen molar-refractivity contribution in [1.29, 1.82) is 0 Å². The molecular formula is C13H12N4O2. The molecule has 3 aromatic rings. The van der Waals surface area contributed by atoms with Gasteiger partial charge in [-0.15, -0.1) is 0 Å². The number of anilines is 1. The molecule has 3 rings (SSSR count). The van der Waals surface area contributed by atoms with E-state index < -0.39 is 5.76 Å². The number of para-hydroxylation sites is 2. The van der Waals surface area contributed by atoms with E-state index in [1.165, 1.54) is 4.57 Å². The van der Waals surface area contributed by atoms with Gasteiger partial charge in [-0.05, 0) is 24.3 Å². The van der Waals surface area contributed by atoms with Gasteiger partial charge in [0, 0.05) is 0 Å². The third-order valence-corrected chi connectivity index (χ3v) is 2.85. The summed E-state index contributed by atoms with van der Waals surface area (Å²) in [6, 6.07) is 12.7. The van der Waals surface area contributed by atoms with Gasteiger partial charge in [-0.1, -0.05) is 18.2 Å². The van der Waals surface area contributed by atoms with Gasteiger partial charge in [0.15, 0.2) is 5.58 Å². The van der Waals surface area contributed by atoms with E-state index in [-0.39, 0.29) is 0 Å². The molecule has 0 aliphatic carbocycles. The fourth-order valence-corrected chi connectivity index (χ4v) is 1.97. The van der Waals surface area contributed by atoms with Gasteiger partial charge < -0.3 is 9.84 Å². The highest BCUT2D eigenvalue weighted by Gasteiger charge is 2.09. The number of benzene rings is 1. The van der Waals surface area contributed by atoms with Crippen molar-refractivity contribution in [1.82, 2.24) is 9.55 Å². The number of nitrogen functional groups attached to an aromatic ring is 1. The van der Waals surface area contributed by atoms with Crippen LogP contribution in [0.15, 0.2) is 51.7 Å². The molecule has 6 heteroatoms. The van der Waals surface area contributed by atoms with Gasteiger partial charge in [-0.2, -0.15) is 0 Å². The molecule has 19 heavy (non-hydrogen) atoms. The summed E-state index contributed by atoms with van der Waals surface area (Å²) in [6.45, 7) is 0.339. The lowest BCUT2D eigenvalue weighted by atomic mass is 10.3. The van der Waals surface area contributed by atoms with Crippen molar-refractivity contribution in [2.45, 2.75) is 6.54 Å². The number of pyridine rings is 1. The molecule has 0 atom stereocenters. The molecule has 0 aliphatic heterocycles. The van der Waals surface area contributed by atoms with Crippen LogP contribution in [-0.2, 0) is 6.54 Å². The van der Waals surface area contributed by atoms with E-state index in [1.54, 1.807) is 12.1 Å². The molecule has 2 heterocycles. The summed E-state index contributed by atoms with van der Waals surface area (Å²) < 4.78 is 6.71. The molecule has 0 aliphatic rings. The van der Waals surface area contributed by atoms with Crippen molar-refractivity contribution in [3.05, 3.63) is 58.7 Å². The van der Waals surface area contributed by atoms with Gasteiger partial charge in [-0.25, -0.2) is 15.6 Å². The number of fused-ring (bicyclic) bond motifs is 1. The Morgan fingerprint density at radius 1 is 1.21 bits per heavy atom. The first kappa shape index (κ1) is 11.5. The predicted octanol–water partition coefficient (Wildman–Crippen LogP) is 1.32. The predicted molar refractivity (Wildman–Crippen MR) is 71.6 cm³/mol. The molecule has 0 saturated carbocycles. The summed E-state index contributed by atoms with van der Waals surface area (Å²) in [7, 11) is 0. The molecule has 0 saturated heterocycles. The van der Waals surface area contributed by atoms with Gasteiger partial charge >= 0.3 is 5.76 Å². The minimum atomic E-state index is -0.394. The molecule has 2 aromatic heterocycles. The van der Waals surface area contributed by atoms with Crippen LogP contribution in [0.2, 0.25) is 0 Å². The number of nitrogens with zero attached hydrogens (tertiary/aromatic N) is 2. The molecule has 0 unspecified atom stereocenters. The third kappa shape index (κ3) is 2.09. The topological polar surface area (TPSA) is 86.1 Å². The van der Waals surface area contributed by atoms with Crippen LogP contribution in [0.1, 0.15) is 5.69 Å². The highest BCUT2D eigenvalue weighted by Crippen LogP contribution is 2.13. The molecule has 0 amide bonds. The van der Waals surface area contributed by atoms with Crippen LogP contribution in [0.25, 0.3) is 11.1 Å². The van der Waals surface area contributed by atoms with Gasteiger partial charge in [0.1, 0.15) is 5.82 Å². The van der Waals surface area contributed by atoms with E-state index in [0.29, 0.717) is 17.9 Å². The minimum absolute atomic E-state index is 0.339. The zero-order valence-corrected chi connectivity index (χ0v) is 10.0. The fourth-order valence-electron chi connectivity index (χ4n) is 1.97. The molecule has 0 radical (unpaired) electrons. The second-order valence-corrected chi connectivity index (χ2v) is 4.08. The Balaban J connectivity index is 2.05. The SMILES string of the molecule is NNc1cccc(Cn2c(=O)oc3ccccc32)n1. The van der Waals surface area contributed by atoms with Crippen LogP contribution in [-0.4, -0.2) is 9.55 Å². The van der Waals surface area contributed by atoms with E-state index in [4.69, 9.17) is 10.3 Å². The lowest BCUT2D eigenvalue weighted by Crippen LogP contribution is -2.16. The lowest BCUT2D eigenvalue weighted by molar-refractivity contribution is 0.516. The van der Waals surface area contributed by atoms with Crippen molar-refractivity contribution < 1.29 is 4.42 Å². The smallest absolute Gasteiger partial charge is 0.408 e. The van der Waals surface area contributed by atoms with Gasteiger partial charge in [-0.3, -0.25) is 4.57 Å². The maximum Gasteiger partial charge on any atom is 0.420 e. The monoisotopic (exact) mass is 256 g/mol. The number of rotatable bonds is 3. The zero-order valence-electron chi connectivity index (χ0n) is 10.0. The number of nitrogens with two attached hydrogens (primary N) is 1. The number of hydrazine groups is 1. The average Bonchev–Trinajstić information content (AvgIpc) is 2.76. The summed E-state index contributed by atoms with van der Waals surface area (Å²) in [6.07, 6.45) is 0. The molecule has 0 spiro atoms. The maximum absolute atomic E-state index is 11.8. The van der Waals surface area contributed by atoms with Gasteiger partial charge in [0.2, 0.25) is 0 Å². The molecule has 6 nitrogen and oxygen atoms in total. The number of hydrogen-bond acceptors (Lipinski definition) is 5. The highest BCUT2D eigenvalue weighted by molar-refractivity contribution is 5.72. The number of aromatic nitrogens is 2. The summed E-state index contributed by atoms with van der Waals surface area (Å²) in [4.78, 5) is 16.1. The second-order valence-electron chi connectivity index (χ2n) is 4.08. The van der Waals surface area contributed by atoms with Gasteiger partial charge in [0.05, 0.1) is 17.8 Å². The number of hydrogen-bond donors (Lipinski definition) is 2. The van der Waals surface area contributed by atoms with Crippen LogP contribution in [0.4, 0.5) is 5.82 Å². The van der Waals surface area contributed by atoms with E-state index in [9.17, 15) is 4.79 Å². The largest absolute Gasteiger partial charge is 0.420 e. The Bertz CT molecular complexity index is 775. The Kier molecular flexibility index (Phi) is 2.77. The van der Waals surface area contributed by atoms with Crippen molar-refractivity contribution in [2.75, 3.05) is 5.43 Å². The van der Waals surface area contributed by atoms with Crippen LogP contribution in [0.3, 0.4) is 0 Å². The van der Waals surface area contributed by atoms with Crippen LogP contribution in [0.5, 0.6) is 0 Å². The van der Waals surface area contributed by atoms with E-state index in [0.717, 1.165) is 11.2 Å². The van der Waals surface area contributed by atoms with Crippen molar-refractivity contribution >= 4 is 16.9 Å². The number of oxazole rings is 1. The molecule has 3 N–H and O–H groups in total. The van der Waals surface area contributed by atoms with Crippen LogP contribution >= 0.6 is 0 Å². The first-order chi connectivity index (χ1) is 9.28. The van der Waals surface area contributed by atoms with E-state index in [1.807, 2.05) is 30.3 Å². The maximum atomic E-state index is 11.8. The zero-order chi connectivity index (χ0) is 13.2. The van der Waals surface area contributed by atoms with Gasteiger partial charge in [0.25, 0.3) is 0 Å². The van der Waals surface area contributed by atoms with Crippen LogP contribution < -0.4 is 17.0 Å². The fraction of sp³-hybridized carbons (Fsp3) is 0.0769. The van der Waals surface area contributed by atoms with E-state index in [2.05, 4.69) is 10.4 Å². The highest BCUT2D eigenvalue weighted by atomic mass is 16.4. The summed E-state index contributed by atoms with van der Waals surface area (Å²) >= 11 is 0. The standard InChI is InChI=1S/C13H12N4O2/c14-16-12-7-3-4-9(15-12)8-17-10-5-1-2-6-11(10)19-13(17)18/h1-7H,8,14H2,(H,15,16).